The number of amides is 1. The molecule has 1 aliphatic rings. The normalized spacial score (nSPS) is 18.9. The lowest BCUT2D eigenvalue weighted by Gasteiger charge is -2.38. The van der Waals surface area contributed by atoms with E-state index in [0.29, 0.717) is 18.8 Å². The molecule has 11 heteroatoms. The predicted molar refractivity (Wildman–Crippen MR) is 144 cm³/mol. The Bertz CT molecular complexity index is 1360. The number of carbonyl (C=O) groups is 1. The number of hydrogen-bond acceptors (Lipinski definition) is 7. The Morgan fingerprint density at radius 2 is 1.97 bits per heavy atom. The highest BCUT2D eigenvalue weighted by Crippen LogP contribution is 2.31. The molecule has 1 amide bonds. The van der Waals surface area contributed by atoms with Crippen LogP contribution in [0.5, 0.6) is 5.75 Å². The Labute approximate surface area is 223 Å². The van der Waals surface area contributed by atoms with Gasteiger partial charge >= 0.3 is 0 Å². The molecule has 204 valence electrons. The van der Waals surface area contributed by atoms with Crippen molar-refractivity contribution < 1.29 is 23.1 Å². The second-order valence-electron chi connectivity index (χ2n) is 10.00. The topological polar surface area (TPSA) is 117 Å². The van der Waals surface area contributed by atoms with Gasteiger partial charge < -0.3 is 19.3 Å². The van der Waals surface area contributed by atoms with E-state index >= 15 is 0 Å². The number of likely N-dealkylation sites (N-methyl/N-ethyl adjacent to an activating group) is 1. The number of hydrogen-bond donors (Lipinski definition) is 2. The van der Waals surface area contributed by atoms with Crippen LogP contribution in [0.4, 0.5) is 5.69 Å². The highest BCUT2D eigenvalue weighted by Gasteiger charge is 2.34. The third-order valence-corrected chi connectivity index (χ3v) is 7.93. The number of ether oxygens (including phenoxy) is 1. The molecule has 0 unspecified atom stereocenters. The highest BCUT2D eigenvalue weighted by molar-refractivity contribution is 7.92. The number of nitrogens with zero attached hydrogens (tertiary/aromatic N) is 4. The van der Waals surface area contributed by atoms with Crippen LogP contribution in [-0.4, -0.2) is 77.7 Å². The van der Waals surface area contributed by atoms with Gasteiger partial charge in [-0.05, 0) is 37.7 Å². The molecule has 0 fully saturated rings. The molecule has 4 rings (SSSR count). The van der Waals surface area contributed by atoms with Gasteiger partial charge in [0.05, 0.1) is 24.5 Å². The summed E-state index contributed by atoms with van der Waals surface area (Å²) >= 11 is 0. The zero-order valence-electron chi connectivity index (χ0n) is 22.1. The Balaban J connectivity index is 1.63. The van der Waals surface area contributed by atoms with Crippen molar-refractivity contribution in [2.24, 2.45) is 13.0 Å². The second kappa shape index (κ2) is 11.5. The van der Waals surface area contributed by atoms with Crippen LogP contribution >= 0.6 is 0 Å². The zero-order valence-corrected chi connectivity index (χ0v) is 22.9. The fraction of sp³-hybridized carbons (Fsp3) is 0.407. The van der Waals surface area contributed by atoms with Gasteiger partial charge in [-0.1, -0.05) is 37.3 Å². The number of fused-ring (bicyclic) bond motifs is 1. The molecule has 1 aromatic heterocycles. The number of aryl methyl sites for hydroxylation is 1. The van der Waals surface area contributed by atoms with Gasteiger partial charge in [-0.15, -0.1) is 0 Å². The van der Waals surface area contributed by atoms with E-state index < -0.39 is 16.1 Å². The molecule has 0 bridgehead atoms. The highest BCUT2D eigenvalue weighted by atomic mass is 32.2. The molecule has 1 aliphatic heterocycles. The molecule has 10 nitrogen and oxygen atoms in total. The third kappa shape index (κ3) is 6.35. The van der Waals surface area contributed by atoms with E-state index in [1.807, 2.05) is 32.2 Å². The molecular weight excluding hydrogens is 506 g/mol. The van der Waals surface area contributed by atoms with E-state index in [9.17, 15) is 18.3 Å². The number of anilines is 1. The fourth-order valence-electron chi connectivity index (χ4n) is 4.51. The van der Waals surface area contributed by atoms with Crippen LogP contribution in [0.25, 0.3) is 0 Å². The lowest BCUT2D eigenvalue weighted by Crippen LogP contribution is -2.49. The van der Waals surface area contributed by atoms with E-state index in [-0.39, 0.29) is 40.8 Å². The van der Waals surface area contributed by atoms with Gasteiger partial charge in [0.25, 0.3) is 15.9 Å². The summed E-state index contributed by atoms with van der Waals surface area (Å²) in [5, 5.41) is 9.75. The van der Waals surface area contributed by atoms with Crippen molar-refractivity contribution in [2.45, 2.75) is 37.6 Å². The van der Waals surface area contributed by atoms with Gasteiger partial charge in [0.15, 0.2) is 5.03 Å². The van der Waals surface area contributed by atoms with Gasteiger partial charge in [0, 0.05) is 44.5 Å². The van der Waals surface area contributed by atoms with Crippen molar-refractivity contribution in [2.75, 3.05) is 31.5 Å². The van der Waals surface area contributed by atoms with E-state index in [0.717, 1.165) is 6.54 Å². The number of aromatic nitrogens is 2. The summed E-state index contributed by atoms with van der Waals surface area (Å²) in [6, 6.07) is 14.4. The van der Waals surface area contributed by atoms with Gasteiger partial charge in [-0.3, -0.25) is 14.4 Å². The summed E-state index contributed by atoms with van der Waals surface area (Å²) in [5.41, 5.74) is 1.63. The lowest BCUT2D eigenvalue weighted by molar-refractivity contribution is 0.0341. The maximum Gasteiger partial charge on any atom is 0.280 e. The molecule has 0 spiro atoms. The van der Waals surface area contributed by atoms with Crippen LogP contribution in [0.15, 0.2) is 66.1 Å². The predicted octanol–water partition coefficient (Wildman–Crippen LogP) is 2.57. The molecule has 38 heavy (non-hydrogen) atoms. The number of aliphatic hydroxyl groups is 1. The first-order chi connectivity index (χ1) is 18.1. The quantitative estimate of drug-likeness (QED) is 0.428. The van der Waals surface area contributed by atoms with E-state index in [2.05, 4.69) is 26.7 Å². The molecule has 0 saturated carbocycles. The van der Waals surface area contributed by atoms with Crippen LogP contribution in [0, 0.1) is 5.92 Å². The number of aliphatic hydroxyl groups excluding tert-OH is 1. The number of rotatable bonds is 9. The van der Waals surface area contributed by atoms with Crippen LogP contribution in [0.3, 0.4) is 0 Å². The summed E-state index contributed by atoms with van der Waals surface area (Å²) in [4.78, 5) is 21.4. The van der Waals surface area contributed by atoms with Crippen LogP contribution < -0.4 is 9.46 Å². The smallest absolute Gasteiger partial charge is 0.280 e. The summed E-state index contributed by atoms with van der Waals surface area (Å²) in [7, 11) is -0.242. The monoisotopic (exact) mass is 541 g/mol. The average molecular weight is 542 g/mol. The molecule has 3 atom stereocenters. The molecule has 0 saturated heterocycles. The van der Waals surface area contributed by atoms with Gasteiger partial charge in [-0.2, -0.15) is 8.42 Å². The second-order valence-corrected chi connectivity index (χ2v) is 11.6. The van der Waals surface area contributed by atoms with E-state index in [1.165, 1.54) is 28.7 Å². The van der Waals surface area contributed by atoms with Crippen LogP contribution in [0.2, 0.25) is 0 Å². The summed E-state index contributed by atoms with van der Waals surface area (Å²) < 4.78 is 36.1. The Morgan fingerprint density at radius 3 is 2.63 bits per heavy atom. The van der Waals surface area contributed by atoms with Crippen LogP contribution in [0.1, 0.15) is 29.8 Å². The van der Waals surface area contributed by atoms with Crippen molar-refractivity contribution in [1.82, 2.24) is 19.4 Å². The molecule has 3 aromatic rings. The minimum atomic E-state index is -3.95. The molecule has 2 N–H and O–H groups in total. The molecule has 0 radical (unpaired) electrons. The van der Waals surface area contributed by atoms with Crippen molar-refractivity contribution in [3.05, 3.63) is 72.2 Å². The lowest BCUT2D eigenvalue weighted by atomic mass is 9.99. The van der Waals surface area contributed by atoms with Gasteiger partial charge in [0.2, 0.25) is 0 Å². The Morgan fingerprint density at radius 1 is 1.24 bits per heavy atom. The minimum absolute atomic E-state index is 0.0262. The van der Waals surface area contributed by atoms with Crippen molar-refractivity contribution >= 4 is 21.6 Å². The van der Waals surface area contributed by atoms with E-state index in [4.69, 9.17) is 4.74 Å². The summed E-state index contributed by atoms with van der Waals surface area (Å²) in [6.07, 6.45) is 2.55. The zero-order chi connectivity index (χ0) is 27.4. The van der Waals surface area contributed by atoms with E-state index in [1.54, 1.807) is 31.0 Å². The standard InChI is InChI=1S/C27H35N5O5S/c1-19-13-32(20(2)17-33)27(34)23-12-22(29-38(35,36)26-16-31(4)18-28-26)10-11-24(23)37-25(19)15-30(3)14-21-8-6-5-7-9-21/h5-12,16,18-20,25,29,33H,13-15,17H2,1-4H3/t19-,20+,25-/m1/s1. The number of imidazole rings is 1. The molecular formula is C27H35N5O5S. The van der Waals surface area contributed by atoms with Gasteiger partial charge in [0.1, 0.15) is 11.9 Å². The first kappa shape index (κ1) is 27.6. The minimum Gasteiger partial charge on any atom is -0.488 e. The fourth-order valence-corrected chi connectivity index (χ4v) is 5.54. The maximum absolute atomic E-state index is 13.6. The first-order valence-corrected chi connectivity index (χ1v) is 14.0. The van der Waals surface area contributed by atoms with Crippen LogP contribution in [-0.2, 0) is 23.6 Å². The third-order valence-electron chi connectivity index (χ3n) is 6.66. The molecule has 0 aliphatic carbocycles. The SMILES string of the molecule is C[C@@H]1CN([C@@H](C)CO)C(=O)c2cc(NS(=O)(=O)c3cn(C)cn3)ccc2O[C@@H]1CN(C)Cc1ccccc1. The number of benzene rings is 2. The molecule has 2 aromatic carbocycles. The molecule has 2 heterocycles. The average Bonchev–Trinajstić information content (AvgIpc) is 3.34. The Kier molecular flexibility index (Phi) is 8.39. The van der Waals surface area contributed by atoms with Crippen molar-refractivity contribution in [1.29, 1.82) is 0 Å². The first-order valence-electron chi connectivity index (χ1n) is 12.5. The number of sulfonamides is 1. The Hall–Kier alpha value is -3.41. The largest absolute Gasteiger partial charge is 0.488 e. The number of carbonyl (C=O) groups excluding carboxylic acids is 1. The van der Waals surface area contributed by atoms with Gasteiger partial charge in [-0.25, -0.2) is 4.98 Å². The maximum atomic E-state index is 13.6. The summed E-state index contributed by atoms with van der Waals surface area (Å²) in [5.74, 6) is 0.0145. The van der Waals surface area contributed by atoms with Crippen molar-refractivity contribution in [3.8, 4) is 5.75 Å². The number of nitrogens with one attached hydrogen (secondary N) is 1. The summed E-state index contributed by atoms with van der Waals surface area (Å²) in [6.45, 7) is 5.36. The van der Waals surface area contributed by atoms with Crippen molar-refractivity contribution in [3.63, 3.8) is 0 Å².